The zero-order valence-corrected chi connectivity index (χ0v) is 11.3. The number of aryl methyl sites for hydroxylation is 2. The van der Waals surface area contributed by atoms with Crippen molar-refractivity contribution in [3.05, 3.63) is 11.9 Å². The first kappa shape index (κ1) is 13.2. The van der Waals surface area contributed by atoms with E-state index >= 15 is 0 Å². The van der Waals surface area contributed by atoms with Crippen molar-refractivity contribution in [2.75, 3.05) is 16.8 Å². The van der Waals surface area contributed by atoms with E-state index in [4.69, 9.17) is 0 Å². The molecule has 16 heavy (non-hydrogen) atoms. The minimum atomic E-state index is -0.716. The van der Waals surface area contributed by atoms with E-state index in [1.807, 2.05) is 24.6 Å². The highest BCUT2D eigenvalue weighted by atomic mass is 32.2. The number of imidazole rings is 1. The lowest BCUT2D eigenvalue weighted by molar-refractivity contribution is 0.674. The van der Waals surface area contributed by atoms with E-state index in [2.05, 4.69) is 24.1 Å². The number of nitrogens with one attached hydrogen (secondary N) is 1. The van der Waals surface area contributed by atoms with Crippen molar-refractivity contribution in [3.8, 4) is 0 Å². The molecule has 0 bridgehead atoms. The standard InChI is InChI=1S/C11H21N3OS/c1-5-16(15)7-6-14-8-10(4)13-11(14)12-9(2)3/h8-9H,5-7H2,1-4H3,(H,12,13). The van der Waals surface area contributed by atoms with Crippen molar-refractivity contribution < 1.29 is 4.21 Å². The van der Waals surface area contributed by atoms with Crippen LogP contribution in [0.25, 0.3) is 0 Å². The molecule has 1 N–H and O–H groups in total. The van der Waals surface area contributed by atoms with Gasteiger partial charge in [-0.25, -0.2) is 4.98 Å². The summed E-state index contributed by atoms with van der Waals surface area (Å²) < 4.78 is 13.4. The van der Waals surface area contributed by atoms with Gasteiger partial charge in [0.25, 0.3) is 0 Å². The van der Waals surface area contributed by atoms with E-state index in [1.54, 1.807) is 0 Å². The van der Waals surface area contributed by atoms with Crippen LogP contribution in [0.4, 0.5) is 5.95 Å². The van der Waals surface area contributed by atoms with Gasteiger partial charge in [-0.15, -0.1) is 0 Å². The van der Waals surface area contributed by atoms with Gasteiger partial charge in [-0.2, -0.15) is 0 Å². The quantitative estimate of drug-likeness (QED) is 0.828. The first-order valence-electron chi connectivity index (χ1n) is 5.68. The number of rotatable bonds is 6. The molecule has 1 aromatic rings. The molecule has 1 unspecified atom stereocenters. The Balaban J connectivity index is 2.67. The van der Waals surface area contributed by atoms with Crippen LogP contribution in [0.2, 0.25) is 0 Å². The van der Waals surface area contributed by atoms with Crippen LogP contribution in [0.3, 0.4) is 0 Å². The largest absolute Gasteiger partial charge is 0.353 e. The third-order valence-corrected chi connectivity index (χ3v) is 3.48. The minimum absolute atomic E-state index is 0.359. The number of anilines is 1. The molecule has 0 aliphatic heterocycles. The molecular formula is C11H21N3OS. The van der Waals surface area contributed by atoms with E-state index in [9.17, 15) is 4.21 Å². The maximum atomic E-state index is 11.4. The van der Waals surface area contributed by atoms with Crippen LogP contribution < -0.4 is 5.32 Å². The summed E-state index contributed by atoms with van der Waals surface area (Å²) in [5.74, 6) is 2.29. The van der Waals surface area contributed by atoms with Gasteiger partial charge < -0.3 is 9.88 Å². The smallest absolute Gasteiger partial charge is 0.203 e. The highest BCUT2D eigenvalue weighted by Crippen LogP contribution is 2.09. The van der Waals surface area contributed by atoms with Crippen molar-refractivity contribution in [1.82, 2.24) is 9.55 Å². The van der Waals surface area contributed by atoms with Crippen LogP contribution in [-0.2, 0) is 17.3 Å². The van der Waals surface area contributed by atoms with Crippen molar-refractivity contribution in [2.24, 2.45) is 0 Å². The summed E-state index contributed by atoms with van der Waals surface area (Å²) in [6, 6.07) is 0.359. The average molecular weight is 243 g/mol. The normalized spacial score (nSPS) is 13.1. The Kier molecular flexibility index (Phi) is 4.99. The van der Waals surface area contributed by atoms with E-state index in [1.165, 1.54) is 0 Å². The fourth-order valence-corrected chi connectivity index (χ4v) is 2.12. The number of hydrogen-bond donors (Lipinski definition) is 1. The first-order chi connectivity index (χ1) is 7.52. The van der Waals surface area contributed by atoms with Gasteiger partial charge in [-0.1, -0.05) is 6.92 Å². The molecular weight excluding hydrogens is 222 g/mol. The molecule has 5 heteroatoms. The Labute approximate surface area is 99.9 Å². The molecule has 4 nitrogen and oxygen atoms in total. The average Bonchev–Trinajstić information content (AvgIpc) is 2.54. The van der Waals surface area contributed by atoms with Crippen molar-refractivity contribution >= 4 is 16.7 Å². The Bertz CT molecular complexity index is 360. The zero-order chi connectivity index (χ0) is 12.1. The molecule has 1 heterocycles. The molecule has 0 fully saturated rings. The summed E-state index contributed by atoms with van der Waals surface area (Å²) in [6.07, 6.45) is 2.00. The molecule has 1 rings (SSSR count). The molecule has 0 spiro atoms. The molecule has 92 valence electrons. The van der Waals surface area contributed by atoms with Gasteiger partial charge in [-0.05, 0) is 20.8 Å². The summed E-state index contributed by atoms with van der Waals surface area (Å²) in [6.45, 7) is 8.84. The van der Waals surface area contributed by atoms with Crippen LogP contribution in [0.15, 0.2) is 6.20 Å². The van der Waals surface area contributed by atoms with E-state index in [0.29, 0.717) is 11.8 Å². The molecule has 1 atom stereocenters. The van der Waals surface area contributed by atoms with Crippen LogP contribution in [0.5, 0.6) is 0 Å². The van der Waals surface area contributed by atoms with E-state index < -0.39 is 10.8 Å². The molecule has 0 radical (unpaired) electrons. The SMILES string of the molecule is CCS(=O)CCn1cc(C)nc1NC(C)C. The topological polar surface area (TPSA) is 46.9 Å². The Morgan fingerprint density at radius 2 is 2.25 bits per heavy atom. The van der Waals surface area contributed by atoms with Gasteiger partial charge in [0.1, 0.15) is 0 Å². The molecule has 1 aromatic heterocycles. The third-order valence-electron chi connectivity index (χ3n) is 2.20. The Morgan fingerprint density at radius 3 is 2.81 bits per heavy atom. The molecule has 0 aromatic carbocycles. The van der Waals surface area contributed by atoms with Gasteiger partial charge in [0.15, 0.2) is 0 Å². The summed E-state index contributed by atoms with van der Waals surface area (Å²) in [5, 5.41) is 3.29. The highest BCUT2D eigenvalue weighted by Gasteiger charge is 2.07. The maximum Gasteiger partial charge on any atom is 0.203 e. The lowest BCUT2D eigenvalue weighted by atomic mass is 10.4. The fourth-order valence-electron chi connectivity index (χ4n) is 1.44. The molecule has 0 amide bonds. The predicted molar refractivity (Wildman–Crippen MR) is 69.3 cm³/mol. The van der Waals surface area contributed by atoms with Gasteiger partial charge in [-0.3, -0.25) is 4.21 Å². The number of nitrogens with zero attached hydrogens (tertiary/aromatic N) is 2. The number of aromatic nitrogens is 2. The zero-order valence-electron chi connectivity index (χ0n) is 10.5. The van der Waals surface area contributed by atoms with E-state index in [-0.39, 0.29) is 0 Å². The second-order valence-electron chi connectivity index (χ2n) is 4.13. The van der Waals surface area contributed by atoms with Crippen molar-refractivity contribution in [3.63, 3.8) is 0 Å². The van der Waals surface area contributed by atoms with Crippen LogP contribution in [0.1, 0.15) is 26.5 Å². The Morgan fingerprint density at radius 1 is 1.56 bits per heavy atom. The molecule has 0 saturated heterocycles. The second kappa shape index (κ2) is 6.03. The number of hydrogen-bond acceptors (Lipinski definition) is 3. The van der Waals surface area contributed by atoms with Gasteiger partial charge in [0, 0.05) is 41.1 Å². The Hall–Kier alpha value is -0.840. The van der Waals surface area contributed by atoms with Gasteiger partial charge in [0.2, 0.25) is 5.95 Å². The van der Waals surface area contributed by atoms with Gasteiger partial charge >= 0.3 is 0 Å². The van der Waals surface area contributed by atoms with Gasteiger partial charge in [0.05, 0.1) is 5.69 Å². The van der Waals surface area contributed by atoms with Crippen molar-refractivity contribution in [2.45, 2.75) is 40.3 Å². The molecule has 0 aliphatic rings. The summed E-state index contributed by atoms with van der Waals surface area (Å²) in [4.78, 5) is 4.41. The van der Waals surface area contributed by atoms with Crippen LogP contribution in [-0.4, -0.2) is 31.3 Å². The summed E-state index contributed by atoms with van der Waals surface area (Å²) in [7, 11) is -0.716. The highest BCUT2D eigenvalue weighted by molar-refractivity contribution is 7.84. The molecule has 0 aliphatic carbocycles. The lowest BCUT2D eigenvalue weighted by Crippen LogP contribution is -2.16. The predicted octanol–water partition coefficient (Wildman–Crippen LogP) is 1.78. The first-order valence-corrected chi connectivity index (χ1v) is 7.17. The fraction of sp³-hybridized carbons (Fsp3) is 0.727. The maximum absolute atomic E-state index is 11.4. The monoisotopic (exact) mass is 243 g/mol. The third kappa shape index (κ3) is 3.96. The van der Waals surface area contributed by atoms with Crippen LogP contribution in [0, 0.1) is 6.92 Å². The second-order valence-corrected chi connectivity index (χ2v) is 6.00. The van der Waals surface area contributed by atoms with Crippen molar-refractivity contribution in [1.29, 1.82) is 0 Å². The summed E-state index contributed by atoms with van der Waals surface area (Å²) in [5.41, 5.74) is 0.991. The van der Waals surface area contributed by atoms with Crippen LogP contribution >= 0.6 is 0 Å². The minimum Gasteiger partial charge on any atom is -0.353 e. The lowest BCUT2D eigenvalue weighted by Gasteiger charge is -2.11. The van der Waals surface area contributed by atoms with E-state index in [0.717, 1.165) is 23.9 Å². The summed E-state index contributed by atoms with van der Waals surface area (Å²) >= 11 is 0. The molecule has 0 saturated carbocycles.